The predicted octanol–water partition coefficient (Wildman–Crippen LogP) is 2.62. The highest BCUT2D eigenvalue weighted by Crippen LogP contribution is 2.20. The summed E-state index contributed by atoms with van der Waals surface area (Å²) in [5, 5.41) is 0. The van der Waals surface area contributed by atoms with Crippen molar-refractivity contribution in [1.82, 2.24) is 0 Å². The average Bonchev–Trinajstić information content (AvgIpc) is 2.36. The van der Waals surface area contributed by atoms with E-state index in [1.54, 1.807) is 6.08 Å². The molecular formula is C8H10BrNO. The first-order valence-electron chi connectivity index (χ1n) is 3.35. The zero-order valence-corrected chi connectivity index (χ0v) is 7.67. The molecule has 0 radical (unpaired) electrons. The van der Waals surface area contributed by atoms with Gasteiger partial charge < -0.3 is 10.2 Å². The van der Waals surface area contributed by atoms with E-state index in [-0.39, 0.29) is 6.04 Å². The van der Waals surface area contributed by atoms with Gasteiger partial charge in [0.2, 0.25) is 0 Å². The van der Waals surface area contributed by atoms with Crippen LogP contribution in [0.1, 0.15) is 18.2 Å². The summed E-state index contributed by atoms with van der Waals surface area (Å²) in [6.45, 7) is 3.60. The van der Waals surface area contributed by atoms with Crippen LogP contribution in [0.15, 0.2) is 33.9 Å². The van der Waals surface area contributed by atoms with Crippen LogP contribution in [0.25, 0.3) is 0 Å². The lowest BCUT2D eigenvalue weighted by Gasteiger charge is -2.03. The van der Waals surface area contributed by atoms with Crippen molar-refractivity contribution in [3.05, 3.63) is 35.2 Å². The molecule has 11 heavy (non-hydrogen) atoms. The van der Waals surface area contributed by atoms with Crippen molar-refractivity contribution >= 4 is 15.9 Å². The van der Waals surface area contributed by atoms with Gasteiger partial charge in [0.05, 0.1) is 6.04 Å². The minimum atomic E-state index is -0.0706. The summed E-state index contributed by atoms with van der Waals surface area (Å²) in [6, 6.07) is 3.62. The van der Waals surface area contributed by atoms with Crippen LogP contribution in [-0.4, -0.2) is 0 Å². The number of hydrogen-bond donors (Lipinski definition) is 1. The summed E-state index contributed by atoms with van der Waals surface area (Å²) >= 11 is 3.20. The molecule has 0 aromatic carbocycles. The second-order valence-electron chi connectivity index (χ2n) is 2.27. The maximum atomic E-state index is 5.73. The van der Waals surface area contributed by atoms with Gasteiger partial charge in [0.25, 0.3) is 0 Å². The van der Waals surface area contributed by atoms with Crippen LogP contribution in [0.3, 0.4) is 0 Å². The molecule has 0 fully saturated rings. The highest BCUT2D eigenvalue weighted by Gasteiger charge is 2.07. The zero-order chi connectivity index (χ0) is 8.27. The molecule has 3 heteroatoms. The molecule has 2 nitrogen and oxygen atoms in total. The van der Waals surface area contributed by atoms with Gasteiger partial charge in [0.15, 0.2) is 4.67 Å². The Morgan fingerprint density at radius 1 is 1.73 bits per heavy atom. The summed E-state index contributed by atoms with van der Waals surface area (Å²) in [4.78, 5) is 0. The second kappa shape index (κ2) is 3.74. The molecule has 1 aromatic heterocycles. The quantitative estimate of drug-likeness (QED) is 0.788. The van der Waals surface area contributed by atoms with E-state index in [1.807, 2.05) is 12.1 Å². The molecule has 0 aliphatic carbocycles. The molecule has 0 amide bonds. The molecule has 0 saturated heterocycles. The lowest BCUT2D eigenvalue weighted by atomic mass is 10.2. The molecule has 0 saturated carbocycles. The largest absolute Gasteiger partial charge is 0.453 e. The SMILES string of the molecule is C=CCC(N)c1ccc(Br)o1. The summed E-state index contributed by atoms with van der Waals surface area (Å²) in [7, 11) is 0. The molecule has 1 aromatic rings. The smallest absolute Gasteiger partial charge is 0.169 e. The first-order valence-corrected chi connectivity index (χ1v) is 4.15. The van der Waals surface area contributed by atoms with Crippen LogP contribution in [0.2, 0.25) is 0 Å². The first-order chi connectivity index (χ1) is 5.24. The van der Waals surface area contributed by atoms with Gasteiger partial charge in [-0.15, -0.1) is 6.58 Å². The van der Waals surface area contributed by atoms with Crippen molar-refractivity contribution in [3.8, 4) is 0 Å². The van der Waals surface area contributed by atoms with Crippen molar-refractivity contribution < 1.29 is 4.42 Å². The topological polar surface area (TPSA) is 39.2 Å². The number of furan rings is 1. The first kappa shape index (κ1) is 8.56. The summed E-state index contributed by atoms with van der Waals surface area (Å²) in [6.07, 6.45) is 2.51. The van der Waals surface area contributed by atoms with E-state index < -0.39 is 0 Å². The Hall–Kier alpha value is -0.540. The number of rotatable bonds is 3. The maximum absolute atomic E-state index is 5.73. The van der Waals surface area contributed by atoms with Gasteiger partial charge in [-0.3, -0.25) is 0 Å². The Kier molecular flexibility index (Phi) is 2.91. The second-order valence-corrected chi connectivity index (χ2v) is 3.05. The van der Waals surface area contributed by atoms with Gasteiger partial charge in [-0.2, -0.15) is 0 Å². The number of nitrogens with two attached hydrogens (primary N) is 1. The van der Waals surface area contributed by atoms with Crippen molar-refractivity contribution in [3.63, 3.8) is 0 Å². The molecule has 0 spiro atoms. The minimum Gasteiger partial charge on any atom is -0.453 e. The Bertz CT molecular complexity index is 244. The average molecular weight is 216 g/mol. The Morgan fingerprint density at radius 2 is 2.45 bits per heavy atom. The molecule has 1 rings (SSSR count). The highest BCUT2D eigenvalue weighted by molar-refractivity contribution is 9.10. The summed E-state index contributed by atoms with van der Waals surface area (Å²) in [5.41, 5.74) is 5.73. The van der Waals surface area contributed by atoms with Gasteiger partial charge in [0, 0.05) is 0 Å². The normalized spacial score (nSPS) is 12.9. The molecule has 1 atom stereocenters. The third-order valence-electron chi connectivity index (χ3n) is 1.38. The molecule has 0 bridgehead atoms. The number of halogens is 1. The zero-order valence-electron chi connectivity index (χ0n) is 6.09. The van der Waals surface area contributed by atoms with Gasteiger partial charge >= 0.3 is 0 Å². The van der Waals surface area contributed by atoms with Crippen molar-refractivity contribution in [2.24, 2.45) is 5.73 Å². The Labute approximate surface area is 74.2 Å². The van der Waals surface area contributed by atoms with Crippen molar-refractivity contribution in [2.75, 3.05) is 0 Å². The molecule has 0 aliphatic rings. The van der Waals surface area contributed by atoms with E-state index in [4.69, 9.17) is 10.2 Å². The maximum Gasteiger partial charge on any atom is 0.169 e. The molecule has 60 valence electrons. The third kappa shape index (κ3) is 2.20. The predicted molar refractivity (Wildman–Crippen MR) is 48.2 cm³/mol. The fourth-order valence-electron chi connectivity index (χ4n) is 0.823. The number of hydrogen-bond acceptors (Lipinski definition) is 2. The molecule has 0 aliphatic heterocycles. The fraction of sp³-hybridized carbons (Fsp3) is 0.250. The van der Waals surface area contributed by atoms with Crippen molar-refractivity contribution in [1.29, 1.82) is 0 Å². The van der Waals surface area contributed by atoms with E-state index in [2.05, 4.69) is 22.5 Å². The van der Waals surface area contributed by atoms with Crippen LogP contribution in [0.5, 0.6) is 0 Å². The lowest BCUT2D eigenvalue weighted by molar-refractivity contribution is 0.450. The Balaban J connectivity index is 2.67. The summed E-state index contributed by atoms with van der Waals surface area (Å²) < 4.78 is 5.96. The van der Waals surface area contributed by atoms with Crippen LogP contribution in [0, 0.1) is 0 Å². The van der Waals surface area contributed by atoms with E-state index >= 15 is 0 Å². The van der Waals surface area contributed by atoms with E-state index in [0.29, 0.717) is 4.67 Å². The van der Waals surface area contributed by atoms with Crippen LogP contribution < -0.4 is 5.73 Å². The minimum absolute atomic E-state index is 0.0706. The molecular weight excluding hydrogens is 206 g/mol. The molecule has 1 heterocycles. The van der Waals surface area contributed by atoms with Gasteiger partial charge in [-0.05, 0) is 34.5 Å². The highest BCUT2D eigenvalue weighted by atomic mass is 79.9. The van der Waals surface area contributed by atoms with E-state index in [9.17, 15) is 0 Å². The molecule has 2 N–H and O–H groups in total. The van der Waals surface area contributed by atoms with Gasteiger partial charge in [-0.1, -0.05) is 6.08 Å². The standard InChI is InChI=1S/C8H10BrNO/c1-2-3-6(10)7-4-5-8(9)11-7/h2,4-6H,1,3,10H2. The van der Waals surface area contributed by atoms with Gasteiger partial charge in [0.1, 0.15) is 5.76 Å². The van der Waals surface area contributed by atoms with Crippen LogP contribution in [0.4, 0.5) is 0 Å². The van der Waals surface area contributed by atoms with Crippen LogP contribution in [-0.2, 0) is 0 Å². The lowest BCUT2D eigenvalue weighted by Crippen LogP contribution is -2.07. The third-order valence-corrected chi connectivity index (χ3v) is 1.81. The Morgan fingerprint density at radius 3 is 2.91 bits per heavy atom. The van der Waals surface area contributed by atoms with E-state index in [1.165, 1.54) is 0 Å². The fourth-order valence-corrected chi connectivity index (χ4v) is 1.14. The summed E-state index contributed by atoms with van der Waals surface area (Å²) in [5.74, 6) is 0.789. The van der Waals surface area contributed by atoms with Gasteiger partial charge in [-0.25, -0.2) is 0 Å². The van der Waals surface area contributed by atoms with Crippen LogP contribution >= 0.6 is 15.9 Å². The van der Waals surface area contributed by atoms with Crippen molar-refractivity contribution in [2.45, 2.75) is 12.5 Å². The molecule has 1 unspecified atom stereocenters. The van der Waals surface area contributed by atoms with E-state index in [0.717, 1.165) is 12.2 Å². The monoisotopic (exact) mass is 215 g/mol.